The van der Waals surface area contributed by atoms with Crippen LogP contribution in [-0.4, -0.2) is 17.5 Å². The average molecular weight is 180 g/mol. The Balaban J connectivity index is 2.46. The molecule has 1 aliphatic heterocycles. The van der Waals surface area contributed by atoms with Crippen LogP contribution in [0.4, 0.5) is 0 Å². The Morgan fingerprint density at radius 3 is 2.80 bits per heavy atom. The lowest BCUT2D eigenvalue weighted by molar-refractivity contribution is 0.574. The largest absolute Gasteiger partial charge is 0.299 e. The van der Waals surface area contributed by atoms with Crippen LogP contribution in [0.5, 0.6) is 0 Å². The molecule has 0 saturated carbocycles. The van der Waals surface area contributed by atoms with Gasteiger partial charge in [0.1, 0.15) is 0 Å². The number of hydrogen-bond acceptors (Lipinski definition) is 3. The molecule has 0 saturated heterocycles. The summed E-state index contributed by atoms with van der Waals surface area (Å²) >= 11 is 1.48. The molecule has 0 aromatic carbocycles. The zero-order chi connectivity index (χ0) is 7.61. The molecule has 0 unspecified atom stereocenters. The Hall–Kier alpha value is -0.0300. The number of amidine groups is 1. The summed E-state index contributed by atoms with van der Waals surface area (Å²) in [4.78, 5) is 3.96. The van der Waals surface area contributed by atoms with E-state index in [4.69, 9.17) is 11.0 Å². The Morgan fingerprint density at radius 1 is 1.70 bits per heavy atom. The van der Waals surface area contributed by atoms with Gasteiger partial charge in [0.25, 0.3) is 7.59 Å². The normalized spacial score (nSPS) is 18.8. The van der Waals surface area contributed by atoms with E-state index in [0.29, 0.717) is 5.17 Å². The lowest BCUT2D eigenvalue weighted by atomic mass is 10.8. The second-order valence-corrected chi connectivity index (χ2v) is 4.58. The summed E-state index contributed by atoms with van der Waals surface area (Å²) in [6, 6.07) is 0. The maximum absolute atomic E-state index is 10.7. The minimum Gasteiger partial charge on any atom is -0.292 e. The summed E-state index contributed by atoms with van der Waals surface area (Å²) in [6.45, 7) is 0.743. The first-order valence-corrected chi connectivity index (χ1v) is 5.54. The van der Waals surface area contributed by atoms with Crippen molar-refractivity contribution in [2.24, 2.45) is 16.0 Å². The van der Waals surface area contributed by atoms with Crippen LogP contribution in [0.1, 0.15) is 0 Å². The molecule has 10 heavy (non-hydrogen) atoms. The molecule has 58 valence electrons. The first kappa shape index (κ1) is 8.07. The van der Waals surface area contributed by atoms with Gasteiger partial charge in [-0.15, -0.1) is 0 Å². The first-order chi connectivity index (χ1) is 4.58. The lowest BCUT2D eigenvalue weighted by Gasteiger charge is -2.07. The van der Waals surface area contributed by atoms with Gasteiger partial charge in [-0.3, -0.25) is 25.7 Å². The first-order valence-electron chi connectivity index (χ1n) is 2.71. The van der Waals surface area contributed by atoms with Crippen molar-refractivity contribution in [3.63, 3.8) is 0 Å². The molecule has 0 fully saturated rings. The molecule has 0 aromatic heterocycles. The van der Waals surface area contributed by atoms with E-state index in [9.17, 15) is 4.57 Å². The molecule has 0 aromatic rings. The summed E-state index contributed by atoms with van der Waals surface area (Å²) in [6.07, 6.45) is 0. The number of nitrogens with two attached hydrogens (primary N) is 2. The van der Waals surface area contributed by atoms with Gasteiger partial charge in [-0.1, -0.05) is 11.8 Å². The second-order valence-electron chi connectivity index (χ2n) is 1.86. The van der Waals surface area contributed by atoms with Crippen LogP contribution in [0.2, 0.25) is 0 Å². The van der Waals surface area contributed by atoms with Crippen molar-refractivity contribution in [1.82, 2.24) is 5.09 Å². The lowest BCUT2D eigenvalue weighted by Crippen LogP contribution is -2.25. The van der Waals surface area contributed by atoms with E-state index in [1.54, 1.807) is 0 Å². The summed E-state index contributed by atoms with van der Waals surface area (Å²) in [5.74, 6) is 0.905. The van der Waals surface area contributed by atoms with E-state index in [1.165, 1.54) is 11.8 Å². The molecule has 0 amide bonds. The summed E-state index contributed by atoms with van der Waals surface area (Å²) in [7, 11) is -3.12. The van der Waals surface area contributed by atoms with E-state index in [1.807, 2.05) is 0 Å². The molecule has 0 bridgehead atoms. The molecule has 1 rings (SSSR count). The van der Waals surface area contributed by atoms with Gasteiger partial charge in [0.15, 0.2) is 5.17 Å². The zero-order valence-corrected chi connectivity index (χ0v) is 6.99. The van der Waals surface area contributed by atoms with Gasteiger partial charge in [0, 0.05) is 5.75 Å². The number of thioether (sulfide) groups is 1. The molecule has 5 N–H and O–H groups in total. The van der Waals surface area contributed by atoms with Crippen LogP contribution in [0.25, 0.3) is 0 Å². The van der Waals surface area contributed by atoms with E-state index in [-0.39, 0.29) is 0 Å². The highest BCUT2D eigenvalue weighted by Crippen LogP contribution is 2.22. The number of aliphatic imine (C=N–C) groups is 1. The van der Waals surface area contributed by atoms with Crippen molar-refractivity contribution in [2.45, 2.75) is 0 Å². The van der Waals surface area contributed by atoms with Crippen LogP contribution in [0.15, 0.2) is 4.99 Å². The van der Waals surface area contributed by atoms with Crippen molar-refractivity contribution in [1.29, 1.82) is 0 Å². The Morgan fingerprint density at radius 2 is 2.40 bits per heavy atom. The van der Waals surface area contributed by atoms with Gasteiger partial charge < -0.3 is 0 Å². The molecule has 0 aliphatic carbocycles. The fraction of sp³-hybridized carbons (Fsp3) is 0.667. The van der Waals surface area contributed by atoms with Crippen LogP contribution in [0, 0.1) is 0 Å². The third-order valence-corrected chi connectivity index (χ3v) is 2.46. The molecule has 0 spiro atoms. The molecular weight excluding hydrogens is 171 g/mol. The van der Waals surface area contributed by atoms with Crippen molar-refractivity contribution >= 4 is 24.5 Å². The molecule has 0 radical (unpaired) electrons. The zero-order valence-electron chi connectivity index (χ0n) is 5.28. The number of rotatable bonds is 1. The summed E-state index contributed by atoms with van der Waals surface area (Å²) < 4.78 is 10.7. The predicted molar refractivity (Wildman–Crippen MR) is 43.9 cm³/mol. The van der Waals surface area contributed by atoms with Crippen molar-refractivity contribution in [2.75, 3.05) is 12.3 Å². The van der Waals surface area contributed by atoms with E-state index >= 15 is 0 Å². The summed E-state index contributed by atoms with van der Waals surface area (Å²) in [5, 5.41) is 3.03. The molecular formula is C3H9N4OPS. The smallest absolute Gasteiger partial charge is 0.292 e. The van der Waals surface area contributed by atoms with Gasteiger partial charge in [-0.2, -0.15) is 0 Å². The SMILES string of the molecule is NP(N)(=O)NC1=NCCS1. The standard InChI is InChI=1S/C3H9N4OPS/c4-9(5,8)7-3-6-1-2-10-3/h1-2H2,(H5,4,5,6,7,8). The fourth-order valence-electron chi connectivity index (χ4n) is 0.552. The third-order valence-electron chi connectivity index (χ3n) is 0.856. The highest BCUT2D eigenvalue weighted by Gasteiger charge is 2.13. The monoisotopic (exact) mass is 180 g/mol. The van der Waals surface area contributed by atoms with E-state index in [0.717, 1.165) is 12.3 Å². The van der Waals surface area contributed by atoms with Gasteiger partial charge in [0.2, 0.25) is 0 Å². The minimum atomic E-state index is -3.12. The fourth-order valence-corrected chi connectivity index (χ4v) is 2.17. The number of nitrogens with zero attached hydrogens (tertiary/aromatic N) is 1. The molecule has 1 aliphatic rings. The van der Waals surface area contributed by atoms with E-state index < -0.39 is 7.59 Å². The topological polar surface area (TPSA) is 93.5 Å². The molecule has 0 atom stereocenters. The van der Waals surface area contributed by atoms with Crippen LogP contribution >= 0.6 is 19.4 Å². The third kappa shape index (κ3) is 2.70. The maximum Gasteiger partial charge on any atom is 0.299 e. The predicted octanol–water partition coefficient (Wildman–Crippen LogP) is -0.296. The minimum absolute atomic E-state index is 0.591. The maximum atomic E-state index is 10.7. The Labute approximate surface area is 63.2 Å². The van der Waals surface area contributed by atoms with Gasteiger partial charge in [-0.25, -0.2) is 0 Å². The second kappa shape index (κ2) is 2.92. The molecule has 1 heterocycles. The average Bonchev–Trinajstić information content (AvgIpc) is 2.12. The number of nitrogens with one attached hydrogen (secondary N) is 1. The Kier molecular flexibility index (Phi) is 2.36. The highest BCUT2D eigenvalue weighted by molar-refractivity contribution is 8.14. The number of hydrogen-bond donors (Lipinski definition) is 3. The highest BCUT2D eigenvalue weighted by atomic mass is 32.2. The summed E-state index contributed by atoms with van der Waals surface area (Å²) in [5.41, 5.74) is 10.1. The van der Waals surface area contributed by atoms with Gasteiger partial charge >= 0.3 is 0 Å². The van der Waals surface area contributed by atoms with E-state index in [2.05, 4.69) is 10.1 Å². The quantitative estimate of drug-likeness (QED) is 0.482. The van der Waals surface area contributed by atoms with Crippen molar-refractivity contribution in [3.05, 3.63) is 0 Å². The van der Waals surface area contributed by atoms with Crippen molar-refractivity contribution in [3.8, 4) is 0 Å². The molecule has 7 heteroatoms. The Bertz CT molecular complexity index is 199. The van der Waals surface area contributed by atoms with Crippen LogP contribution in [-0.2, 0) is 4.57 Å². The van der Waals surface area contributed by atoms with Crippen LogP contribution < -0.4 is 16.1 Å². The van der Waals surface area contributed by atoms with Crippen molar-refractivity contribution < 1.29 is 4.57 Å². The molecule has 5 nitrogen and oxygen atoms in total. The van der Waals surface area contributed by atoms with Gasteiger partial charge in [-0.05, 0) is 0 Å². The van der Waals surface area contributed by atoms with Crippen LogP contribution in [0.3, 0.4) is 0 Å². The van der Waals surface area contributed by atoms with Gasteiger partial charge in [0.05, 0.1) is 6.54 Å².